The number of rotatable bonds is 9. The summed E-state index contributed by atoms with van der Waals surface area (Å²) in [4.78, 5) is 42.0. The lowest BCUT2D eigenvalue weighted by Gasteiger charge is -2.36. The van der Waals surface area contributed by atoms with Crippen LogP contribution in [0.2, 0.25) is 0 Å². The quantitative estimate of drug-likeness (QED) is 0.460. The van der Waals surface area contributed by atoms with Crippen LogP contribution in [0.25, 0.3) is 0 Å². The molecule has 8 nitrogen and oxygen atoms in total. The van der Waals surface area contributed by atoms with E-state index in [0.717, 1.165) is 12.0 Å². The van der Waals surface area contributed by atoms with Gasteiger partial charge in [-0.25, -0.2) is 4.79 Å². The third kappa shape index (κ3) is 7.71. The van der Waals surface area contributed by atoms with Crippen molar-refractivity contribution in [2.45, 2.75) is 78.2 Å². The molecule has 1 aliphatic carbocycles. The SMILES string of the molecule is CC(C)C(NC(=O)OC(C)(C)C)C(=O)N(C(C(=O)NCc1ccccc1)c1cccc(O)c1)C1CC1C. The highest BCUT2D eigenvalue weighted by molar-refractivity contribution is 5.92. The minimum Gasteiger partial charge on any atom is -0.508 e. The van der Waals surface area contributed by atoms with Gasteiger partial charge in [0.25, 0.3) is 0 Å². The van der Waals surface area contributed by atoms with Crippen LogP contribution in [0.5, 0.6) is 5.75 Å². The van der Waals surface area contributed by atoms with Gasteiger partial charge < -0.3 is 25.4 Å². The van der Waals surface area contributed by atoms with Crippen molar-refractivity contribution in [3.05, 3.63) is 65.7 Å². The number of ether oxygens (including phenoxy) is 1. The zero-order chi connectivity index (χ0) is 27.3. The van der Waals surface area contributed by atoms with E-state index in [1.165, 1.54) is 12.1 Å². The molecule has 0 spiro atoms. The maximum atomic E-state index is 14.1. The molecule has 4 atom stereocenters. The van der Waals surface area contributed by atoms with Crippen molar-refractivity contribution in [2.75, 3.05) is 0 Å². The van der Waals surface area contributed by atoms with Crippen molar-refractivity contribution >= 4 is 17.9 Å². The molecular weight excluding hydrogens is 470 g/mol. The second-order valence-corrected chi connectivity index (χ2v) is 11.1. The van der Waals surface area contributed by atoms with Gasteiger partial charge in [-0.15, -0.1) is 0 Å². The molecule has 0 saturated heterocycles. The second-order valence-electron chi connectivity index (χ2n) is 11.1. The molecule has 200 valence electrons. The molecular formula is C29H39N3O5. The number of carbonyl (C=O) groups excluding carboxylic acids is 3. The Hall–Kier alpha value is -3.55. The lowest BCUT2D eigenvalue weighted by atomic mass is 9.98. The van der Waals surface area contributed by atoms with E-state index in [-0.39, 0.29) is 35.4 Å². The van der Waals surface area contributed by atoms with Crippen molar-refractivity contribution in [3.63, 3.8) is 0 Å². The maximum absolute atomic E-state index is 14.1. The van der Waals surface area contributed by atoms with Crippen LogP contribution >= 0.6 is 0 Å². The van der Waals surface area contributed by atoms with E-state index in [4.69, 9.17) is 4.74 Å². The lowest BCUT2D eigenvalue weighted by molar-refractivity contribution is -0.144. The normalized spacial score (nSPS) is 18.5. The Bertz CT molecular complexity index is 1100. The first-order chi connectivity index (χ1) is 17.4. The van der Waals surface area contributed by atoms with Crippen molar-refractivity contribution in [2.24, 2.45) is 11.8 Å². The number of alkyl carbamates (subject to hydrolysis) is 1. The summed E-state index contributed by atoms with van der Waals surface area (Å²) in [6.45, 7) is 11.3. The molecule has 1 fully saturated rings. The topological polar surface area (TPSA) is 108 Å². The van der Waals surface area contributed by atoms with E-state index in [1.807, 2.05) is 51.1 Å². The van der Waals surface area contributed by atoms with Gasteiger partial charge in [0.1, 0.15) is 23.4 Å². The van der Waals surface area contributed by atoms with E-state index in [9.17, 15) is 19.5 Å². The largest absolute Gasteiger partial charge is 0.508 e. The predicted molar refractivity (Wildman–Crippen MR) is 142 cm³/mol. The Morgan fingerprint density at radius 3 is 2.27 bits per heavy atom. The Kier molecular flexibility index (Phi) is 8.84. The standard InChI is InChI=1S/C29H39N3O5/c1-18(2)24(31-28(36)37-29(4,5)6)27(35)32(23-15-19(23)3)25(21-13-10-14-22(33)16-21)26(34)30-17-20-11-8-7-9-12-20/h7-14,16,18-19,23-25,33H,15,17H2,1-6H3,(H,30,34)(H,31,36). The highest BCUT2D eigenvalue weighted by Crippen LogP contribution is 2.41. The van der Waals surface area contributed by atoms with Crippen molar-refractivity contribution in [1.82, 2.24) is 15.5 Å². The first kappa shape index (κ1) is 28.0. The van der Waals surface area contributed by atoms with Crippen molar-refractivity contribution < 1.29 is 24.2 Å². The van der Waals surface area contributed by atoms with Gasteiger partial charge in [0.2, 0.25) is 11.8 Å². The molecule has 0 heterocycles. The number of phenols is 1. The first-order valence-corrected chi connectivity index (χ1v) is 12.8. The molecule has 3 amide bonds. The number of nitrogens with one attached hydrogen (secondary N) is 2. The molecule has 2 aromatic carbocycles. The van der Waals surface area contributed by atoms with Gasteiger partial charge in [-0.1, -0.05) is 63.2 Å². The Balaban J connectivity index is 1.96. The average molecular weight is 510 g/mol. The molecule has 0 aromatic heterocycles. The van der Waals surface area contributed by atoms with Gasteiger partial charge in [-0.05, 0) is 62.3 Å². The van der Waals surface area contributed by atoms with Gasteiger partial charge in [0, 0.05) is 12.6 Å². The zero-order valence-electron chi connectivity index (χ0n) is 22.5. The van der Waals surface area contributed by atoms with Gasteiger partial charge >= 0.3 is 6.09 Å². The fourth-order valence-corrected chi connectivity index (χ4v) is 4.30. The van der Waals surface area contributed by atoms with Crippen LogP contribution in [-0.4, -0.2) is 45.6 Å². The monoisotopic (exact) mass is 509 g/mol. The second kappa shape index (κ2) is 11.7. The van der Waals surface area contributed by atoms with Gasteiger partial charge in [-0.2, -0.15) is 0 Å². The molecule has 2 aromatic rings. The van der Waals surface area contributed by atoms with Crippen LogP contribution < -0.4 is 10.6 Å². The van der Waals surface area contributed by atoms with E-state index < -0.39 is 23.8 Å². The van der Waals surface area contributed by atoms with E-state index >= 15 is 0 Å². The summed E-state index contributed by atoms with van der Waals surface area (Å²) in [6.07, 6.45) is 0.0513. The summed E-state index contributed by atoms with van der Waals surface area (Å²) in [5.74, 6) is -0.782. The first-order valence-electron chi connectivity index (χ1n) is 12.8. The maximum Gasteiger partial charge on any atom is 0.408 e. The summed E-state index contributed by atoms with van der Waals surface area (Å²) >= 11 is 0. The predicted octanol–water partition coefficient (Wildman–Crippen LogP) is 4.54. The molecule has 8 heteroatoms. The summed E-state index contributed by atoms with van der Waals surface area (Å²) < 4.78 is 5.41. The summed E-state index contributed by atoms with van der Waals surface area (Å²) in [5.41, 5.74) is 0.702. The molecule has 4 unspecified atom stereocenters. The van der Waals surface area contributed by atoms with Crippen LogP contribution in [0.4, 0.5) is 4.79 Å². The van der Waals surface area contributed by atoms with Gasteiger partial charge in [-0.3, -0.25) is 9.59 Å². The molecule has 1 aliphatic rings. The van der Waals surface area contributed by atoms with Crippen LogP contribution in [0.3, 0.4) is 0 Å². The molecule has 0 aliphatic heterocycles. The van der Waals surface area contributed by atoms with Crippen molar-refractivity contribution in [1.29, 1.82) is 0 Å². The van der Waals surface area contributed by atoms with Gasteiger partial charge in [0.05, 0.1) is 0 Å². The number of benzene rings is 2. The fraction of sp³-hybridized carbons (Fsp3) is 0.483. The molecule has 0 bridgehead atoms. The fourth-order valence-electron chi connectivity index (χ4n) is 4.30. The summed E-state index contributed by atoms with van der Waals surface area (Å²) in [5, 5.41) is 15.9. The molecule has 3 rings (SSSR count). The van der Waals surface area contributed by atoms with Gasteiger partial charge in [0.15, 0.2) is 0 Å². The van der Waals surface area contributed by atoms with E-state index in [1.54, 1.807) is 37.8 Å². The van der Waals surface area contributed by atoms with E-state index in [2.05, 4.69) is 10.6 Å². The number of carbonyl (C=O) groups is 3. The number of aromatic hydroxyl groups is 1. The lowest BCUT2D eigenvalue weighted by Crippen LogP contribution is -2.55. The molecule has 1 saturated carbocycles. The third-order valence-corrected chi connectivity index (χ3v) is 6.31. The number of hydrogen-bond donors (Lipinski definition) is 3. The van der Waals surface area contributed by atoms with Crippen molar-refractivity contribution in [3.8, 4) is 5.75 Å². The Morgan fingerprint density at radius 1 is 1.08 bits per heavy atom. The zero-order valence-corrected chi connectivity index (χ0v) is 22.5. The number of amides is 3. The van der Waals surface area contributed by atoms with Crippen LogP contribution in [0.15, 0.2) is 54.6 Å². The number of hydrogen-bond acceptors (Lipinski definition) is 5. The highest BCUT2D eigenvalue weighted by Gasteiger charge is 2.48. The average Bonchev–Trinajstić information content (AvgIpc) is 3.54. The minimum absolute atomic E-state index is 0.00175. The van der Waals surface area contributed by atoms with E-state index in [0.29, 0.717) is 12.1 Å². The number of nitrogens with zero attached hydrogens (tertiary/aromatic N) is 1. The number of phenolic OH excluding ortho intramolecular Hbond substituents is 1. The minimum atomic E-state index is -0.986. The Morgan fingerprint density at radius 2 is 1.73 bits per heavy atom. The Labute approximate surface area is 219 Å². The molecule has 3 N–H and O–H groups in total. The van der Waals surface area contributed by atoms with Crippen LogP contribution in [0.1, 0.15) is 65.1 Å². The smallest absolute Gasteiger partial charge is 0.408 e. The third-order valence-electron chi connectivity index (χ3n) is 6.31. The van der Waals surface area contributed by atoms with Crippen LogP contribution in [0, 0.1) is 11.8 Å². The summed E-state index contributed by atoms with van der Waals surface area (Å²) in [6, 6.07) is 13.9. The van der Waals surface area contributed by atoms with Crippen LogP contribution in [-0.2, 0) is 20.9 Å². The molecule has 37 heavy (non-hydrogen) atoms. The molecule has 0 radical (unpaired) electrons. The highest BCUT2D eigenvalue weighted by atomic mass is 16.6. The summed E-state index contributed by atoms with van der Waals surface area (Å²) in [7, 11) is 0.